The molecule has 0 aliphatic rings. The van der Waals surface area contributed by atoms with E-state index >= 15 is 0 Å². The first-order chi connectivity index (χ1) is 12.3. The molecule has 0 aromatic heterocycles. The summed E-state index contributed by atoms with van der Waals surface area (Å²) < 4.78 is 10.9. The molecule has 0 fully saturated rings. The Kier molecular flexibility index (Phi) is 19.3. The van der Waals surface area contributed by atoms with Crippen molar-refractivity contribution in [2.45, 2.75) is 123 Å². The Bertz CT molecular complexity index is 278. The highest BCUT2D eigenvalue weighted by atomic mass is 16.6. The van der Waals surface area contributed by atoms with Crippen molar-refractivity contribution >= 4 is 5.97 Å². The minimum atomic E-state index is -0.357. The van der Waals surface area contributed by atoms with Crippen LogP contribution in [0.2, 0.25) is 0 Å². The first-order valence-electron chi connectivity index (χ1n) is 11.0. The van der Waals surface area contributed by atoms with Gasteiger partial charge in [0, 0.05) is 6.61 Å². The van der Waals surface area contributed by atoms with Crippen molar-refractivity contribution in [3.8, 4) is 0 Å². The number of hydrogen-bond donors (Lipinski definition) is 0. The van der Waals surface area contributed by atoms with Gasteiger partial charge in [0.1, 0.15) is 0 Å². The fourth-order valence-electron chi connectivity index (χ4n) is 3.05. The number of carbonyl (C=O) groups excluding carboxylic acids is 1. The van der Waals surface area contributed by atoms with Crippen LogP contribution in [0.4, 0.5) is 0 Å². The highest BCUT2D eigenvalue weighted by Crippen LogP contribution is 2.14. The molecule has 0 bridgehead atoms. The average molecular weight is 357 g/mol. The molecule has 3 heteroatoms. The van der Waals surface area contributed by atoms with Crippen LogP contribution in [0, 0.1) is 0 Å². The summed E-state index contributed by atoms with van der Waals surface area (Å²) in [5.74, 6) is -0.168. The van der Waals surface area contributed by atoms with E-state index in [1.165, 1.54) is 70.6 Å². The van der Waals surface area contributed by atoms with Crippen LogP contribution >= 0.6 is 0 Å². The Balaban J connectivity index is 3.51. The maximum absolute atomic E-state index is 12.0. The molecule has 0 aliphatic carbocycles. The van der Waals surface area contributed by atoms with Gasteiger partial charge in [-0.15, -0.1) is 0 Å². The quantitative estimate of drug-likeness (QED) is 0.188. The van der Waals surface area contributed by atoms with E-state index in [0.29, 0.717) is 13.2 Å². The number of ether oxygens (including phenoxy) is 2. The summed E-state index contributed by atoms with van der Waals surface area (Å²) in [5.41, 5.74) is 0. The van der Waals surface area contributed by atoms with Gasteiger partial charge in [-0.25, -0.2) is 4.79 Å². The number of hydrogen-bond acceptors (Lipinski definition) is 3. The van der Waals surface area contributed by atoms with Gasteiger partial charge in [-0.05, 0) is 19.8 Å². The van der Waals surface area contributed by atoms with Crippen molar-refractivity contribution in [1.29, 1.82) is 0 Å². The third-order valence-electron chi connectivity index (χ3n) is 4.69. The Hall–Kier alpha value is -0.570. The lowest BCUT2D eigenvalue weighted by atomic mass is 10.0. The summed E-state index contributed by atoms with van der Waals surface area (Å²) in [7, 11) is 0. The lowest BCUT2D eigenvalue weighted by Gasteiger charge is -2.15. The topological polar surface area (TPSA) is 35.5 Å². The molecule has 150 valence electrons. The predicted molar refractivity (Wildman–Crippen MR) is 107 cm³/mol. The molecule has 0 heterocycles. The Morgan fingerprint density at radius 3 is 1.64 bits per heavy atom. The third-order valence-corrected chi connectivity index (χ3v) is 4.69. The maximum atomic E-state index is 12.0. The van der Waals surface area contributed by atoms with E-state index in [2.05, 4.69) is 13.8 Å². The summed E-state index contributed by atoms with van der Waals surface area (Å²) in [4.78, 5) is 12.0. The minimum Gasteiger partial charge on any atom is -0.464 e. The van der Waals surface area contributed by atoms with Crippen LogP contribution in [-0.2, 0) is 14.3 Å². The summed E-state index contributed by atoms with van der Waals surface area (Å²) in [6.07, 6.45) is 18.4. The molecule has 25 heavy (non-hydrogen) atoms. The van der Waals surface area contributed by atoms with Crippen LogP contribution in [0.25, 0.3) is 0 Å². The second-order valence-corrected chi connectivity index (χ2v) is 7.14. The molecule has 0 spiro atoms. The molecule has 0 amide bonds. The normalized spacial score (nSPS) is 12.3. The van der Waals surface area contributed by atoms with Crippen LogP contribution in [-0.4, -0.2) is 25.3 Å². The lowest BCUT2D eigenvalue weighted by molar-refractivity contribution is -0.157. The highest BCUT2D eigenvalue weighted by Gasteiger charge is 2.19. The number of esters is 1. The van der Waals surface area contributed by atoms with Gasteiger partial charge >= 0.3 is 5.97 Å². The summed E-state index contributed by atoms with van der Waals surface area (Å²) in [5, 5.41) is 0. The van der Waals surface area contributed by atoms with Crippen molar-refractivity contribution < 1.29 is 14.3 Å². The highest BCUT2D eigenvalue weighted by molar-refractivity contribution is 5.74. The monoisotopic (exact) mass is 356 g/mol. The molecule has 0 radical (unpaired) electrons. The van der Waals surface area contributed by atoms with Gasteiger partial charge in [-0.3, -0.25) is 0 Å². The zero-order valence-electron chi connectivity index (χ0n) is 17.3. The number of rotatable bonds is 19. The summed E-state index contributed by atoms with van der Waals surface area (Å²) >= 11 is 0. The zero-order valence-corrected chi connectivity index (χ0v) is 17.3. The zero-order chi connectivity index (χ0) is 18.6. The van der Waals surface area contributed by atoms with Crippen molar-refractivity contribution in [1.82, 2.24) is 0 Å². The predicted octanol–water partition coefficient (Wildman–Crippen LogP) is 6.83. The van der Waals surface area contributed by atoms with Crippen molar-refractivity contribution in [3.63, 3.8) is 0 Å². The summed E-state index contributed by atoms with van der Waals surface area (Å²) in [6, 6.07) is 0. The number of unbranched alkanes of at least 4 members (excludes halogenated alkanes) is 12. The van der Waals surface area contributed by atoms with Crippen LogP contribution in [0.15, 0.2) is 0 Å². The van der Waals surface area contributed by atoms with Gasteiger partial charge in [0.05, 0.1) is 6.61 Å². The molecular weight excluding hydrogens is 312 g/mol. The van der Waals surface area contributed by atoms with Crippen molar-refractivity contribution in [3.05, 3.63) is 0 Å². The van der Waals surface area contributed by atoms with Gasteiger partial charge in [0.2, 0.25) is 0 Å². The average Bonchev–Trinajstić information content (AvgIpc) is 2.61. The molecular formula is C22H44O3. The minimum absolute atomic E-state index is 0.168. The second-order valence-electron chi connectivity index (χ2n) is 7.14. The first kappa shape index (κ1) is 24.4. The molecule has 0 saturated heterocycles. The number of carbonyl (C=O) groups is 1. The van der Waals surface area contributed by atoms with Gasteiger partial charge < -0.3 is 9.47 Å². The van der Waals surface area contributed by atoms with E-state index in [-0.39, 0.29) is 12.1 Å². The molecule has 0 saturated carbocycles. The SMILES string of the molecule is CCCCCCCCCCCCCCC(OCC)C(=O)OCCCC. The van der Waals surface area contributed by atoms with Gasteiger partial charge in [-0.1, -0.05) is 97.3 Å². The van der Waals surface area contributed by atoms with Crippen molar-refractivity contribution in [2.24, 2.45) is 0 Å². The second kappa shape index (κ2) is 19.8. The van der Waals surface area contributed by atoms with Crippen molar-refractivity contribution in [2.75, 3.05) is 13.2 Å². The smallest absolute Gasteiger partial charge is 0.335 e. The Labute approximate surface area is 157 Å². The van der Waals surface area contributed by atoms with Crippen LogP contribution in [0.1, 0.15) is 117 Å². The first-order valence-corrected chi connectivity index (χ1v) is 11.0. The largest absolute Gasteiger partial charge is 0.464 e. The standard InChI is InChI=1S/C22H44O3/c1-4-7-9-10-11-12-13-14-15-16-17-18-19-21(24-6-3)22(23)25-20-8-5-2/h21H,4-20H2,1-3H3. The van der Waals surface area contributed by atoms with Crippen LogP contribution in [0.3, 0.4) is 0 Å². The van der Waals surface area contributed by atoms with E-state index in [0.717, 1.165) is 25.7 Å². The Morgan fingerprint density at radius 1 is 0.680 bits per heavy atom. The van der Waals surface area contributed by atoms with E-state index in [4.69, 9.17) is 9.47 Å². The van der Waals surface area contributed by atoms with E-state index in [9.17, 15) is 4.79 Å². The van der Waals surface area contributed by atoms with E-state index in [1.54, 1.807) is 0 Å². The molecule has 0 aromatic carbocycles. The van der Waals surface area contributed by atoms with E-state index < -0.39 is 0 Å². The van der Waals surface area contributed by atoms with Gasteiger partial charge in [0.15, 0.2) is 6.10 Å². The molecule has 0 rings (SSSR count). The fraction of sp³-hybridized carbons (Fsp3) is 0.955. The summed E-state index contributed by atoms with van der Waals surface area (Å²) in [6.45, 7) is 7.41. The molecule has 3 nitrogen and oxygen atoms in total. The molecule has 0 aliphatic heterocycles. The van der Waals surface area contributed by atoms with Crippen LogP contribution in [0.5, 0.6) is 0 Å². The molecule has 1 atom stereocenters. The molecule has 1 unspecified atom stereocenters. The molecule has 0 N–H and O–H groups in total. The van der Waals surface area contributed by atoms with Gasteiger partial charge in [-0.2, -0.15) is 0 Å². The van der Waals surface area contributed by atoms with Crippen LogP contribution < -0.4 is 0 Å². The molecule has 0 aromatic rings. The Morgan fingerprint density at radius 2 is 1.16 bits per heavy atom. The fourth-order valence-corrected chi connectivity index (χ4v) is 3.05. The van der Waals surface area contributed by atoms with Gasteiger partial charge in [0.25, 0.3) is 0 Å². The maximum Gasteiger partial charge on any atom is 0.335 e. The van der Waals surface area contributed by atoms with E-state index in [1.807, 2.05) is 6.92 Å². The third kappa shape index (κ3) is 16.6. The lowest BCUT2D eigenvalue weighted by Crippen LogP contribution is -2.27.